The van der Waals surface area contributed by atoms with Gasteiger partial charge in [0, 0.05) is 23.7 Å². The number of pyridine rings is 1. The summed E-state index contributed by atoms with van der Waals surface area (Å²) < 4.78 is 10.6. The van der Waals surface area contributed by atoms with Crippen molar-refractivity contribution in [2.45, 2.75) is 6.54 Å². The first-order chi connectivity index (χ1) is 12.7. The summed E-state index contributed by atoms with van der Waals surface area (Å²) in [5, 5.41) is 9.68. The van der Waals surface area contributed by atoms with E-state index in [-0.39, 0.29) is 6.03 Å². The van der Waals surface area contributed by atoms with E-state index in [1.165, 1.54) is 7.11 Å². The van der Waals surface area contributed by atoms with Crippen LogP contribution in [-0.4, -0.2) is 25.2 Å². The normalized spacial score (nSPS) is 10.2. The number of benzene rings is 1. The number of nitrogens with zero attached hydrogens (tertiary/aromatic N) is 1. The molecule has 0 bridgehead atoms. The molecule has 0 aliphatic heterocycles. The molecule has 6 nitrogen and oxygen atoms in total. The maximum atomic E-state index is 12.3. The Balaban J connectivity index is 1.70. The Labute approximate surface area is 155 Å². The molecule has 0 aliphatic carbocycles. The van der Waals surface area contributed by atoms with Gasteiger partial charge in [-0.05, 0) is 35.2 Å². The summed E-state index contributed by atoms with van der Waals surface area (Å²) in [6.45, 7) is 0.358. The molecule has 0 unspecified atom stereocenters. The van der Waals surface area contributed by atoms with Gasteiger partial charge in [0.1, 0.15) is 0 Å². The maximum absolute atomic E-state index is 12.3. The number of amides is 2. The molecule has 0 saturated carbocycles. The Hall–Kier alpha value is -3.06. The van der Waals surface area contributed by atoms with Crippen molar-refractivity contribution in [3.8, 4) is 22.8 Å². The van der Waals surface area contributed by atoms with E-state index in [1.54, 1.807) is 42.8 Å². The van der Waals surface area contributed by atoms with Crippen molar-refractivity contribution < 1.29 is 14.3 Å². The highest BCUT2D eigenvalue weighted by atomic mass is 32.1. The molecular formula is C19H19N3O3S. The monoisotopic (exact) mass is 369 g/mol. The molecule has 0 fully saturated rings. The quantitative estimate of drug-likeness (QED) is 0.685. The fourth-order valence-corrected chi connectivity index (χ4v) is 3.21. The SMILES string of the molecule is COc1cccc(NC(=O)NCc2cccnc2-c2ccsc2)c1OC. The van der Waals surface area contributed by atoms with Crippen LogP contribution in [0.25, 0.3) is 11.3 Å². The third-order valence-corrected chi connectivity index (χ3v) is 4.46. The lowest BCUT2D eigenvalue weighted by Gasteiger charge is -2.14. The van der Waals surface area contributed by atoms with Crippen molar-refractivity contribution in [2.24, 2.45) is 0 Å². The summed E-state index contributed by atoms with van der Waals surface area (Å²) in [5.41, 5.74) is 3.39. The number of nitrogens with one attached hydrogen (secondary N) is 2. The molecule has 0 radical (unpaired) electrons. The topological polar surface area (TPSA) is 72.5 Å². The van der Waals surface area contributed by atoms with E-state index >= 15 is 0 Å². The van der Waals surface area contributed by atoms with Crippen LogP contribution < -0.4 is 20.1 Å². The molecule has 0 saturated heterocycles. The third-order valence-electron chi connectivity index (χ3n) is 3.78. The van der Waals surface area contributed by atoms with Crippen LogP contribution in [0.4, 0.5) is 10.5 Å². The molecule has 26 heavy (non-hydrogen) atoms. The number of hydrogen-bond donors (Lipinski definition) is 2. The number of carbonyl (C=O) groups excluding carboxylic acids is 1. The van der Waals surface area contributed by atoms with E-state index in [2.05, 4.69) is 15.6 Å². The van der Waals surface area contributed by atoms with Gasteiger partial charge in [-0.25, -0.2) is 4.79 Å². The van der Waals surface area contributed by atoms with Crippen LogP contribution in [0.1, 0.15) is 5.56 Å². The first-order valence-corrected chi connectivity index (χ1v) is 8.89. The number of anilines is 1. The smallest absolute Gasteiger partial charge is 0.319 e. The molecule has 0 spiro atoms. The van der Waals surface area contributed by atoms with Crippen LogP contribution in [-0.2, 0) is 6.54 Å². The van der Waals surface area contributed by atoms with Crippen LogP contribution >= 0.6 is 11.3 Å². The number of rotatable bonds is 6. The minimum absolute atomic E-state index is 0.336. The zero-order chi connectivity index (χ0) is 18.4. The molecule has 3 rings (SSSR count). The summed E-state index contributed by atoms with van der Waals surface area (Å²) >= 11 is 1.61. The predicted octanol–water partition coefficient (Wildman–Crippen LogP) is 4.15. The number of para-hydroxylation sites is 1. The summed E-state index contributed by atoms with van der Waals surface area (Å²) in [6, 6.07) is 10.8. The van der Waals surface area contributed by atoms with Gasteiger partial charge in [-0.3, -0.25) is 4.98 Å². The van der Waals surface area contributed by atoms with Gasteiger partial charge in [-0.15, -0.1) is 0 Å². The highest BCUT2D eigenvalue weighted by Crippen LogP contribution is 2.34. The van der Waals surface area contributed by atoms with Gasteiger partial charge in [-0.1, -0.05) is 12.1 Å². The van der Waals surface area contributed by atoms with Crippen molar-refractivity contribution in [3.05, 3.63) is 58.9 Å². The number of urea groups is 1. The molecular weight excluding hydrogens is 350 g/mol. The number of aromatic nitrogens is 1. The maximum Gasteiger partial charge on any atom is 0.319 e. The van der Waals surface area contributed by atoms with Crippen LogP contribution in [0.15, 0.2) is 53.4 Å². The zero-order valence-corrected chi connectivity index (χ0v) is 15.3. The molecule has 2 aromatic heterocycles. The average Bonchev–Trinajstić information content (AvgIpc) is 3.21. The fraction of sp³-hybridized carbons (Fsp3) is 0.158. The molecule has 3 aromatic rings. The van der Waals surface area contributed by atoms with Gasteiger partial charge in [0.15, 0.2) is 11.5 Å². The van der Waals surface area contributed by atoms with Crippen LogP contribution in [0.2, 0.25) is 0 Å². The predicted molar refractivity (Wildman–Crippen MR) is 103 cm³/mol. The molecule has 2 amide bonds. The summed E-state index contributed by atoms with van der Waals surface area (Å²) in [6.07, 6.45) is 1.75. The van der Waals surface area contributed by atoms with Crippen molar-refractivity contribution in [2.75, 3.05) is 19.5 Å². The van der Waals surface area contributed by atoms with E-state index < -0.39 is 0 Å². The highest BCUT2D eigenvalue weighted by molar-refractivity contribution is 7.08. The lowest BCUT2D eigenvalue weighted by molar-refractivity contribution is 0.251. The van der Waals surface area contributed by atoms with E-state index in [1.807, 2.05) is 29.0 Å². The Morgan fingerprint density at radius 2 is 2.04 bits per heavy atom. The number of carbonyl (C=O) groups is 1. The molecule has 134 valence electrons. The second-order valence-electron chi connectivity index (χ2n) is 5.37. The summed E-state index contributed by atoms with van der Waals surface area (Å²) in [5.74, 6) is 1.03. The number of hydrogen-bond acceptors (Lipinski definition) is 5. The number of methoxy groups -OCH3 is 2. The first kappa shape index (κ1) is 17.8. The number of thiophene rings is 1. The van der Waals surface area contributed by atoms with Crippen molar-refractivity contribution >= 4 is 23.1 Å². The average molecular weight is 369 g/mol. The van der Waals surface area contributed by atoms with E-state index in [4.69, 9.17) is 9.47 Å². The van der Waals surface area contributed by atoms with Crippen molar-refractivity contribution in [1.29, 1.82) is 0 Å². The molecule has 7 heteroatoms. The minimum atomic E-state index is -0.336. The number of ether oxygens (including phenoxy) is 2. The highest BCUT2D eigenvalue weighted by Gasteiger charge is 2.13. The third kappa shape index (κ3) is 3.94. The van der Waals surface area contributed by atoms with E-state index in [0.29, 0.717) is 23.7 Å². The Morgan fingerprint density at radius 3 is 2.77 bits per heavy atom. The van der Waals surface area contributed by atoms with Gasteiger partial charge in [-0.2, -0.15) is 11.3 Å². The van der Waals surface area contributed by atoms with Crippen LogP contribution in [0.3, 0.4) is 0 Å². The van der Waals surface area contributed by atoms with Crippen molar-refractivity contribution in [1.82, 2.24) is 10.3 Å². The molecule has 1 aromatic carbocycles. The van der Waals surface area contributed by atoms with Gasteiger partial charge < -0.3 is 20.1 Å². The fourth-order valence-electron chi connectivity index (χ4n) is 2.57. The standard InChI is InChI=1S/C19H19N3O3S/c1-24-16-7-3-6-15(18(16)25-2)22-19(23)21-11-13-5-4-9-20-17(13)14-8-10-26-12-14/h3-10,12H,11H2,1-2H3,(H2,21,22,23). The lowest BCUT2D eigenvalue weighted by Crippen LogP contribution is -2.28. The molecule has 0 atom stereocenters. The Morgan fingerprint density at radius 1 is 1.15 bits per heavy atom. The van der Waals surface area contributed by atoms with Crippen molar-refractivity contribution in [3.63, 3.8) is 0 Å². The summed E-state index contributed by atoms with van der Waals surface area (Å²) in [4.78, 5) is 16.7. The summed E-state index contributed by atoms with van der Waals surface area (Å²) in [7, 11) is 3.08. The van der Waals surface area contributed by atoms with Crippen LogP contribution in [0, 0.1) is 0 Å². The largest absolute Gasteiger partial charge is 0.493 e. The van der Waals surface area contributed by atoms with E-state index in [9.17, 15) is 4.79 Å². The van der Waals surface area contributed by atoms with Gasteiger partial charge >= 0.3 is 6.03 Å². The van der Waals surface area contributed by atoms with Gasteiger partial charge in [0.05, 0.1) is 25.6 Å². The second kappa shape index (κ2) is 8.35. The minimum Gasteiger partial charge on any atom is -0.493 e. The lowest BCUT2D eigenvalue weighted by atomic mass is 10.1. The van der Waals surface area contributed by atoms with Crippen LogP contribution in [0.5, 0.6) is 11.5 Å². The van der Waals surface area contributed by atoms with Gasteiger partial charge in [0.25, 0.3) is 0 Å². The van der Waals surface area contributed by atoms with E-state index in [0.717, 1.165) is 16.8 Å². The second-order valence-corrected chi connectivity index (χ2v) is 6.15. The first-order valence-electron chi connectivity index (χ1n) is 7.95. The van der Waals surface area contributed by atoms with Gasteiger partial charge in [0.2, 0.25) is 0 Å². The Kier molecular flexibility index (Phi) is 5.70. The molecule has 0 aliphatic rings. The molecule has 2 N–H and O–H groups in total. The molecule has 2 heterocycles. The Bertz CT molecular complexity index is 881. The zero-order valence-electron chi connectivity index (χ0n) is 14.5.